The topological polar surface area (TPSA) is 111 Å². The van der Waals surface area contributed by atoms with E-state index in [2.05, 4.69) is 25.8 Å². The molecular formula is C24H20N8OS2. The highest BCUT2D eigenvalue weighted by Crippen LogP contribution is 2.42. The van der Waals surface area contributed by atoms with Crippen LogP contribution in [0.2, 0.25) is 0 Å². The summed E-state index contributed by atoms with van der Waals surface area (Å²) >= 11 is 3.10. The smallest absolute Gasteiger partial charge is 0.227 e. The van der Waals surface area contributed by atoms with E-state index in [0.29, 0.717) is 17.4 Å². The molecule has 1 N–H and O–H groups in total. The van der Waals surface area contributed by atoms with Gasteiger partial charge in [-0.15, -0.1) is 16.4 Å². The van der Waals surface area contributed by atoms with Crippen LogP contribution >= 0.6 is 23.1 Å². The maximum Gasteiger partial charge on any atom is 0.227 e. The Morgan fingerprint density at radius 2 is 2.06 bits per heavy atom. The number of hydrogen-bond donors (Lipinski definition) is 1. The number of thiophene rings is 1. The van der Waals surface area contributed by atoms with E-state index in [1.807, 2.05) is 49.4 Å². The number of benzene rings is 1. The molecule has 4 heterocycles. The molecule has 0 saturated carbocycles. The summed E-state index contributed by atoms with van der Waals surface area (Å²) in [4.78, 5) is 28.6. The SMILES string of the molecule is Cc1nc(Sc2nnnn2-c2ccccc2)c2c3c(sc2n1)CC(C(=O)Nc1cccnc1)CC3. The van der Waals surface area contributed by atoms with Crippen LogP contribution in [-0.2, 0) is 17.6 Å². The summed E-state index contributed by atoms with van der Waals surface area (Å²) in [5.74, 6) is 0.634. The van der Waals surface area contributed by atoms with Crippen LogP contribution < -0.4 is 5.32 Å². The number of anilines is 1. The zero-order valence-corrected chi connectivity index (χ0v) is 20.4. The second-order valence-electron chi connectivity index (χ2n) is 8.24. The molecule has 0 radical (unpaired) electrons. The van der Waals surface area contributed by atoms with Crippen LogP contribution in [0.5, 0.6) is 0 Å². The Morgan fingerprint density at radius 3 is 2.89 bits per heavy atom. The highest BCUT2D eigenvalue weighted by molar-refractivity contribution is 7.99. The number of nitrogens with zero attached hydrogens (tertiary/aromatic N) is 7. The van der Waals surface area contributed by atoms with Crippen LogP contribution in [0.25, 0.3) is 15.9 Å². The summed E-state index contributed by atoms with van der Waals surface area (Å²) in [5.41, 5.74) is 2.84. The van der Waals surface area contributed by atoms with Crippen molar-refractivity contribution in [2.75, 3.05) is 5.32 Å². The number of pyridine rings is 1. The number of fused-ring (bicyclic) bond motifs is 3. The van der Waals surface area contributed by atoms with Gasteiger partial charge in [0.15, 0.2) is 0 Å². The van der Waals surface area contributed by atoms with Crippen LogP contribution in [0.15, 0.2) is 65.0 Å². The highest BCUT2D eigenvalue weighted by Gasteiger charge is 2.30. The number of tetrazole rings is 1. The summed E-state index contributed by atoms with van der Waals surface area (Å²) in [5, 5.41) is 17.8. The minimum atomic E-state index is -0.0914. The molecule has 6 rings (SSSR count). The number of rotatable bonds is 5. The fraction of sp³-hybridized carbons (Fsp3) is 0.208. The minimum absolute atomic E-state index is 0.0278. The predicted molar refractivity (Wildman–Crippen MR) is 134 cm³/mol. The van der Waals surface area contributed by atoms with Gasteiger partial charge in [-0.05, 0) is 78.2 Å². The largest absolute Gasteiger partial charge is 0.324 e. The van der Waals surface area contributed by atoms with Crippen molar-refractivity contribution in [3.8, 4) is 5.69 Å². The Hall–Kier alpha value is -3.70. The zero-order valence-electron chi connectivity index (χ0n) is 18.8. The molecule has 0 aliphatic heterocycles. The molecular weight excluding hydrogens is 480 g/mol. The monoisotopic (exact) mass is 500 g/mol. The van der Waals surface area contributed by atoms with Crippen LogP contribution in [0.3, 0.4) is 0 Å². The van der Waals surface area contributed by atoms with E-state index < -0.39 is 0 Å². The molecule has 4 aromatic heterocycles. The van der Waals surface area contributed by atoms with Gasteiger partial charge in [0, 0.05) is 22.4 Å². The predicted octanol–water partition coefficient (Wildman–Crippen LogP) is 4.27. The average Bonchev–Trinajstić information content (AvgIpc) is 3.48. The van der Waals surface area contributed by atoms with Gasteiger partial charge in [0.25, 0.3) is 0 Å². The number of nitrogens with one attached hydrogen (secondary N) is 1. The average molecular weight is 501 g/mol. The number of aryl methyl sites for hydroxylation is 2. The minimum Gasteiger partial charge on any atom is -0.324 e. The number of para-hydroxylation sites is 1. The number of carbonyl (C=O) groups excluding carboxylic acids is 1. The quantitative estimate of drug-likeness (QED) is 0.356. The molecule has 1 aliphatic carbocycles. The first kappa shape index (κ1) is 21.8. The third-order valence-electron chi connectivity index (χ3n) is 5.92. The molecule has 174 valence electrons. The zero-order chi connectivity index (χ0) is 23.8. The summed E-state index contributed by atoms with van der Waals surface area (Å²) in [6, 6.07) is 13.5. The maximum atomic E-state index is 12.9. The molecule has 1 aromatic carbocycles. The van der Waals surface area contributed by atoms with E-state index in [1.54, 1.807) is 28.4 Å². The van der Waals surface area contributed by atoms with E-state index in [4.69, 9.17) is 9.97 Å². The van der Waals surface area contributed by atoms with Gasteiger partial charge in [0.05, 0.1) is 17.6 Å². The maximum absolute atomic E-state index is 12.9. The lowest BCUT2D eigenvalue weighted by molar-refractivity contribution is -0.120. The molecule has 0 spiro atoms. The first-order valence-electron chi connectivity index (χ1n) is 11.2. The first-order chi connectivity index (χ1) is 17.2. The van der Waals surface area contributed by atoms with Crippen molar-refractivity contribution in [2.24, 2.45) is 5.92 Å². The lowest BCUT2D eigenvalue weighted by Crippen LogP contribution is -2.27. The second kappa shape index (κ2) is 9.16. The molecule has 35 heavy (non-hydrogen) atoms. The van der Waals surface area contributed by atoms with E-state index >= 15 is 0 Å². The van der Waals surface area contributed by atoms with E-state index in [-0.39, 0.29) is 11.8 Å². The Kier molecular flexibility index (Phi) is 5.71. The summed E-state index contributed by atoms with van der Waals surface area (Å²) in [7, 11) is 0. The fourth-order valence-electron chi connectivity index (χ4n) is 4.28. The lowest BCUT2D eigenvalue weighted by atomic mass is 9.87. The van der Waals surface area contributed by atoms with Crippen LogP contribution in [0.4, 0.5) is 5.69 Å². The Morgan fingerprint density at radius 1 is 1.17 bits per heavy atom. The van der Waals surface area contributed by atoms with E-state index in [9.17, 15) is 4.79 Å². The third-order valence-corrected chi connectivity index (χ3v) is 7.99. The lowest BCUT2D eigenvalue weighted by Gasteiger charge is -2.21. The highest BCUT2D eigenvalue weighted by atomic mass is 32.2. The van der Waals surface area contributed by atoms with Gasteiger partial charge in [-0.25, -0.2) is 9.97 Å². The number of carbonyl (C=O) groups is 1. The van der Waals surface area contributed by atoms with Crippen molar-refractivity contribution in [3.05, 3.63) is 71.1 Å². The van der Waals surface area contributed by atoms with Gasteiger partial charge in [0.2, 0.25) is 11.1 Å². The van der Waals surface area contributed by atoms with Crippen molar-refractivity contribution in [1.82, 2.24) is 35.2 Å². The van der Waals surface area contributed by atoms with Crippen molar-refractivity contribution in [2.45, 2.75) is 36.4 Å². The summed E-state index contributed by atoms with van der Waals surface area (Å²) in [6.45, 7) is 1.90. The molecule has 0 fully saturated rings. The van der Waals surface area contributed by atoms with E-state index in [1.165, 1.54) is 22.2 Å². The van der Waals surface area contributed by atoms with Gasteiger partial charge in [-0.3, -0.25) is 9.78 Å². The molecule has 0 bridgehead atoms. The molecule has 11 heteroatoms. The van der Waals surface area contributed by atoms with Gasteiger partial charge < -0.3 is 5.32 Å². The van der Waals surface area contributed by atoms with Crippen molar-refractivity contribution < 1.29 is 4.79 Å². The van der Waals surface area contributed by atoms with Gasteiger partial charge in [0.1, 0.15) is 15.7 Å². The van der Waals surface area contributed by atoms with Gasteiger partial charge >= 0.3 is 0 Å². The van der Waals surface area contributed by atoms with E-state index in [0.717, 1.165) is 39.5 Å². The molecule has 1 aliphatic rings. The Bertz CT molecular complexity index is 1520. The first-order valence-corrected chi connectivity index (χ1v) is 12.8. The van der Waals surface area contributed by atoms with Gasteiger partial charge in [-0.2, -0.15) is 4.68 Å². The molecule has 1 amide bonds. The van der Waals surface area contributed by atoms with Crippen molar-refractivity contribution in [1.29, 1.82) is 0 Å². The van der Waals surface area contributed by atoms with Crippen LogP contribution in [0, 0.1) is 12.8 Å². The molecule has 9 nitrogen and oxygen atoms in total. The molecule has 5 aromatic rings. The van der Waals surface area contributed by atoms with Crippen molar-refractivity contribution in [3.63, 3.8) is 0 Å². The normalized spacial score (nSPS) is 15.2. The Labute approximate surface area is 209 Å². The summed E-state index contributed by atoms with van der Waals surface area (Å²) < 4.78 is 1.71. The number of amides is 1. The number of hydrogen-bond acceptors (Lipinski definition) is 9. The standard InChI is InChI=1S/C24H20N8OS2/c1-14-26-22-20(23(27-14)35-24-29-30-31-32(24)17-7-3-2-4-8-17)18-10-9-15(12-19(18)34-22)21(33)28-16-6-5-11-25-13-16/h2-8,11,13,15H,9-10,12H2,1H3,(H,28,33). The third kappa shape index (κ3) is 4.28. The molecule has 1 atom stereocenters. The second-order valence-corrected chi connectivity index (χ2v) is 10.3. The fourth-order valence-corrected chi connectivity index (χ4v) is 6.67. The summed E-state index contributed by atoms with van der Waals surface area (Å²) in [6.07, 6.45) is 5.61. The Balaban J connectivity index is 1.31. The molecule has 1 unspecified atom stereocenters. The van der Waals surface area contributed by atoms with Crippen molar-refractivity contribution >= 4 is 44.9 Å². The number of aromatic nitrogens is 7. The molecule has 0 saturated heterocycles. The van der Waals surface area contributed by atoms with Crippen LogP contribution in [0.1, 0.15) is 22.7 Å². The van der Waals surface area contributed by atoms with Crippen LogP contribution in [-0.4, -0.2) is 41.1 Å². The van der Waals surface area contributed by atoms with Gasteiger partial charge in [-0.1, -0.05) is 18.2 Å².